The van der Waals surface area contributed by atoms with E-state index in [1.807, 2.05) is 0 Å². The second-order valence-corrected chi connectivity index (χ2v) is 6.75. The Morgan fingerprint density at radius 3 is 2.14 bits per heavy atom. The first-order valence-corrected chi connectivity index (χ1v) is 7.60. The third-order valence-electron chi connectivity index (χ3n) is 3.33. The third-order valence-corrected chi connectivity index (χ3v) is 5.21. The number of alkyl halides is 3. The summed E-state index contributed by atoms with van der Waals surface area (Å²) < 4.78 is 62.8. The Kier molecular flexibility index (Phi) is 4.29. The van der Waals surface area contributed by atoms with E-state index in [4.69, 9.17) is 0 Å². The van der Waals surface area contributed by atoms with Gasteiger partial charge in [0.15, 0.2) is 0 Å². The lowest BCUT2D eigenvalue weighted by Crippen LogP contribution is -2.48. The van der Waals surface area contributed by atoms with Gasteiger partial charge >= 0.3 is 6.18 Å². The average Bonchev–Trinajstić information content (AvgIpc) is 2.41. The lowest BCUT2D eigenvalue weighted by Gasteiger charge is -2.32. The molecule has 118 valence electrons. The van der Waals surface area contributed by atoms with Crippen molar-refractivity contribution in [2.45, 2.75) is 29.7 Å². The normalized spacial score (nSPS) is 25.0. The molecule has 1 aromatic rings. The van der Waals surface area contributed by atoms with Crippen LogP contribution in [0.15, 0.2) is 29.2 Å². The summed E-state index contributed by atoms with van der Waals surface area (Å²) in [6, 6.07) is 3.16. The second kappa shape index (κ2) is 5.56. The van der Waals surface area contributed by atoms with Crippen LogP contribution in [-0.2, 0) is 16.2 Å². The Balaban J connectivity index is 2.24. The summed E-state index contributed by atoms with van der Waals surface area (Å²) in [6.07, 6.45) is -6.67. The molecule has 2 rings (SSSR count). The van der Waals surface area contributed by atoms with Crippen LogP contribution in [0.2, 0.25) is 0 Å². The molecule has 0 aromatic heterocycles. The number of sulfonamides is 1. The molecule has 0 spiro atoms. The van der Waals surface area contributed by atoms with Crippen molar-refractivity contribution in [3.63, 3.8) is 0 Å². The van der Waals surface area contributed by atoms with Crippen LogP contribution in [0.5, 0.6) is 0 Å². The molecule has 21 heavy (non-hydrogen) atoms. The molecule has 0 unspecified atom stereocenters. The van der Waals surface area contributed by atoms with Gasteiger partial charge in [0, 0.05) is 13.1 Å². The van der Waals surface area contributed by atoms with Crippen molar-refractivity contribution in [1.82, 2.24) is 4.31 Å². The summed E-state index contributed by atoms with van der Waals surface area (Å²) in [6.45, 7) is -0.286. The largest absolute Gasteiger partial charge is 0.416 e. The highest BCUT2D eigenvalue weighted by Gasteiger charge is 2.35. The molecule has 0 amide bonds. The lowest BCUT2D eigenvalue weighted by atomic mass is 10.1. The van der Waals surface area contributed by atoms with E-state index >= 15 is 0 Å². The van der Waals surface area contributed by atoms with Crippen molar-refractivity contribution < 1.29 is 31.8 Å². The topological polar surface area (TPSA) is 77.8 Å². The van der Waals surface area contributed by atoms with Gasteiger partial charge in [-0.3, -0.25) is 0 Å². The van der Waals surface area contributed by atoms with Gasteiger partial charge in [-0.05, 0) is 30.7 Å². The summed E-state index contributed by atoms with van der Waals surface area (Å²) in [7, 11) is -3.99. The summed E-state index contributed by atoms with van der Waals surface area (Å²) in [5.74, 6) is 0. The Hall–Kier alpha value is -1.16. The number of hydrogen-bond donors (Lipinski definition) is 2. The second-order valence-electron chi connectivity index (χ2n) is 4.81. The third kappa shape index (κ3) is 3.37. The van der Waals surface area contributed by atoms with Crippen molar-refractivity contribution in [3.8, 4) is 0 Å². The van der Waals surface area contributed by atoms with Gasteiger partial charge in [0.2, 0.25) is 10.0 Å². The predicted molar refractivity (Wildman–Crippen MR) is 66.8 cm³/mol. The molecule has 0 aliphatic carbocycles. The minimum absolute atomic E-state index is 0.00157. The van der Waals surface area contributed by atoms with Crippen LogP contribution in [0.25, 0.3) is 0 Å². The molecule has 1 saturated heterocycles. The van der Waals surface area contributed by atoms with Gasteiger partial charge < -0.3 is 10.2 Å². The summed E-state index contributed by atoms with van der Waals surface area (Å²) in [5.41, 5.74) is -0.935. The van der Waals surface area contributed by atoms with Gasteiger partial charge in [-0.1, -0.05) is 0 Å². The fourth-order valence-electron chi connectivity index (χ4n) is 2.07. The van der Waals surface area contributed by atoms with E-state index < -0.39 is 34.0 Å². The highest BCUT2D eigenvalue weighted by atomic mass is 32.2. The summed E-state index contributed by atoms with van der Waals surface area (Å²) in [5, 5.41) is 18.9. The number of aliphatic hydroxyl groups is 2. The van der Waals surface area contributed by atoms with E-state index in [2.05, 4.69) is 0 Å². The quantitative estimate of drug-likeness (QED) is 0.844. The van der Waals surface area contributed by atoms with Crippen molar-refractivity contribution >= 4 is 10.0 Å². The number of rotatable bonds is 2. The first-order valence-electron chi connectivity index (χ1n) is 6.16. The molecular formula is C12H14F3NO4S. The maximum absolute atomic E-state index is 12.4. The van der Waals surface area contributed by atoms with Gasteiger partial charge in [-0.2, -0.15) is 17.5 Å². The van der Waals surface area contributed by atoms with E-state index in [1.54, 1.807) is 0 Å². The number of aliphatic hydroxyl groups excluding tert-OH is 2. The molecule has 1 fully saturated rings. The number of nitrogens with zero attached hydrogens (tertiary/aromatic N) is 1. The van der Waals surface area contributed by atoms with Crippen LogP contribution in [0, 0.1) is 0 Å². The Bertz CT molecular complexity index is 600. The van der Waals surface area contributed by atoms with E-state index in [0.717, 1.165) is 16.4 Å². The van der Waals surface area contributed by atoms with Gasteiger partial charge in [0.1, 0.15) is 0 Å². The molecule has 9 heteroatoms. The van der Waals surface area contributed by atoms with Crippen LogP contribution < -0.4 is 0 Å². The molecule has 0 saturated carbocycles. The minimum atomic E-state index is -4.53. The molecular weight excluding hydrogens is 311 g/mol. The zero-order valence-electron chi connectivity index (χ0n) is 10.8. The summed E-state index contributed by atoms with van der Waals surface area (Å²) >= 11 is 0. The average molecular weight is 325 g/mol. The van der Waals surface area contributed by atoms with E-state index in [1.165, 1.54) is 0 Å². The lowest BCUT2D eigenvalue weighted by molar-refractivity contribution is -0.137. The van der Waals surface area contributed by atoms with Gasteiger partial charge in [0.25, 0.3) is 0 Å². The Labute approximate surface area is 119 Å². The fraction of sp³-hybridized carbons (Fsp3) is 0.500. The highest BCUT2D eigenvalue weighted by Crippen LogP contribution is 2.30. The number of benzene rings is 1. The van der Waals surface area contributed by atoms with Crippen molar-refractivity contribution in [2.75, 3.05) is 13.1 Å². The molecule has 1 heterocycles. The van der Waals surface area contributed by atoms with Crippen LogP contribution >= 0.6 is 0 Å². The molecule has 0 radical (unpaired) electrons. The SMILES string of the molecule is O=S(=O)(c1ccc(C(F)(F)F)cc1)N1CC[C@@H](O)[C@@H](O)C1. The molecule has 0 bridgehead atoms. The molecule has 2 atom stereocenters. The van der Waals surface area contributed by atoms with Gasteiger partial charge in [0.05, 0.1) is 22.7 Å². The number of piperidine rings is 1. The van der Waals surface area contributed by atoms with Crippen LogP contribution in [0.1, 0.15) is 12.0 Å². The maximum atomic E-state index is 12.4. The van der Waals surface area contributed by atoms with E-state index in [9.17, 15) is 31.8 Å². The first kappa shape index (κ1) is 16.2. The Morgan fingerprint density at radius 1 is 1.10 bits per heavy atom. The van der Waals surface area contributed by atoms with Crippen molar-refractivity contribution in [1.29, 1.82) is 0 Å². The summed E-state index contributed by atoms with van der Waals surface area (Å²) in [4.78, 5) is -0.279. The zero-order valence-corrected chi connectivity index (χ0v) is 11.6. The number of halogens is 3. The predicted octanol–water partition coefficient (Wildman–Crippen LogP) is 0.822. The maximum Gasteiger partial charge on any atom is 0.416 e. The number of hydrogen-bond acceptors (Lipinski definition) is 4. The van der Waals surface area contributed by atoms with Crippen molar-refractivity contribution in [2.24, 2.45) is 0 Å². The van der Waals surface area contributed by atoms with E-state index in [0.29, 0.717) is 12.1 Å². The van der Waals surface area contributed by atoms with Gasteiger partial charge in [-0.15, -0.1) is 0 Å². The van der Waals surface area contributed by atoms with Gasteiger partial charge in [-0.25, -0.2) is 8.42 Å². The van der Waals surface area contributed by atoms with Crippen LogP contribution in [0.3, 0.4) is 0 Å². The fourth-order valence-corrected chi connectivity index (χ4v) is 3.55. The molecule has 2 N–H and O–H groups in total. The monoisotopic (exact) mass is 325 g/mol. The van der Waals surface area contributed by atoms with Crippen molar-refractivity contribution in [3.05, 3.63) is 29.8 Å². The first-order chi connectivity index (χ1) is 9.62. The smallest absolute Gasteiger partial charge is 0.390 e. The molecule has 1 aliphatic rings. The van der Waals surface area contributed by atoms with E-state index in [-0.39, 0.29) is 24.4 Å². The number of β-amino-alcohol motifs (C(OH)–C–C–N with tert-alkyl or cyclic N) is 1. The molecule has 5 nitrogen and oxygen atoms in total. The Morgan fingerprint density at radius 2 is 1.67 bits per heavy atom. The van der Waals surface area contributed by atoms with Crippen LogP contribution in [-0.4, -0.2) is 48.2 Å². The molecule has 1 aromatic carbocycles. The highest BCUT2D eigenvalue weighted by molar-refractivity contribution is 7.89. The standard InChI is InChI=1S/C12H14F3NO4S/c13-12(14,15)8-1-3-9(4-2-8)21(19,20)16-6-5-10(17)11(18)7-16/h1-4,10-11,17-18H,5-7H2/t10-,11+/m1/s1. The van der Waals surface area contributed by atoms with Crippen LogP contribution in [0.4, 0.5) is 13.2 Å². The molecule has 1 aliphatic heterocycles. The zero-order chi connectivity index (χ0) is 15.8. The minimum Gasteiger partial charge on any atom is -0.390 e.